The average Bonchev–Trinajstić information content (AvgIpc) is 2.18. The molecule has 3 nitrogen and oxygen atoms in total. The topological polar surface area (TPSA) is 40.5 Å². The molecule has 0 saturated carbocycles. The van der Waals surface area contributed by atoms with Gasteiger partial charge in [0.15, 0.2) is 0 Å². The van der Waals surface area contributed by atoms with Gasteiger partial charge in [-0.2, -0.15) is 0 Å². The summed E-state index contributed by atoms with van der Waals surface area (Å²) in [6.07, 6.45) is 7.46. The zero-order valence-electron chi connectivity index (χ0n) is 9.28. The molecule has 1 rings (SSSR count). The van der Waals surface area contributed by atoms with Crippen LogP contribution in [0, 0.1) is 0 Å². The fourth-order valence-corrected chi connectivity index (χ4v) is 1.97. The minimum absolute atomic E-state index is 0. The summed E-state index contributed by atoms with van der Waals surface area (Å²) in [6, 6.07) is 0. The Balaban J connectivity index is 0.00000196. The number of piperidine rings is 1. The quantitative estimate of drug-likeness (QED) is 0.720. The van der Waals surface area contributed by atoms with E-state index in [-0.39, 0.29) is 12.4 Å². The van der Waals surface area contributed by atoms with Crippen molar-refractivity contribution < 1.29 is 9.90 Å². The monoisotopic (exact) mass is 235 g/mol. The first kappa shape index (κ1) is 14.7. The molecule has 0 aromatic carbocycles. The number of carboxylic acids is 1. The van der Waals surface area contributed by atoms with Gasteiger partial charge in [-0.05, 0) is 45.3 Å². The van der Waals surface area contributed by atoms with Crippen LogP contribution in [0.3, 0.4) is 0 Å². The van der Waals surface area contributed by atoms with Crippen LogP contribution in [0.15, 0.2) is 0 Å². The lowest BCUT2D eigenvalue weighted by atomic mass is 10.1. The van der Waals surface area contributed by atoms with E-state index in [9.17, 15) is 4.79 Å². The van der Waals surface area contributed by atoms with E-state index in [2.05, 4.69) is 4.90 Å². The zero-order valence-corrected chi connectivity index (χ0v) is 10.1. The van der Waals surface area contributed by atoms with Crippen molar-refractivity contribution in [2.75, 3.05) is 19.6 Å². The third-order valence-electron chi connectivity index (χ3n) is 2.81. The van der Waals surface area contributed by atoms with Crippen molar-refractivity contribution in [3.8, 4) is 0 Å². The molecular weight excluding hydrogens is 214 g/mol. The van der Waals surface area contributed by atoms with Crippen LogP contribution in [0.4, 0.5) is 0 Å². The molecule has 1 heterocycles. The lowest BCUT2D eigenvalue weighted by molar-refractivity contribution is -0.137. The summed E-state index contributed by atoms with van der Waals surface area (Å²) in [6.45, 7) is 3.66. The highest BCUT2D eigenvalue weighted by atomic mass is 35.5. The van der Waals surface area contributed by atoms with E-state index in [1.165, 1.54) is 38.9 Å². The molecule has 0 unspecified atom stereocenters. The van der Waals surface area contributed by atoms with Crippen LogP contribution in [0.1, 0.15) is 44.9 Å². The van der Waals surface area contributed by atoms with Crippen LogP contribution in [0.5, 0.6) is 0 Å². The lowest BCUT2D eigenvalue weighted by Gasteiger charge is -2.26. The van der Waals surface area contributed by atoms with Gasteiger partial charge < -0.3 is 10.0 Å². The van der Waals surface area contributed by atoms with E-state index in [0.717, 1.165) is 19.3 Å². The molecule has 0 amide bonds. The summed E-state index contributed by atoms with van der Waals surface area (Å²) in [7, 11) is 0. The first-order valence-corrected chi connectivity index (χ1v) is 5.73. The second-order valence-corrected chi connectivity index (χ2v) is 4.11. The molecule has 1 N–H and O–H groups in total. The van der Waals surface area contributed by atoms with E-state index in [0.29, 0.717) is 6.42 Å². The number of nitrogens with zero attached hydrogens (tertiary/aromatic N) is 1. The maximum absolute atomic E-state index is 10.3. The number of aliphatic carboxylic acids is 1. The molecule has 0 radical (unpaired) electrons. The third-order valence-corrected chi connectivity index (χ3v) is 2.81. The van der Waals surface area contributed by atoms with Crippen LogP contribution in [0.2, 0.25) is 0 Å². The minimum atomic E-state index is -0.664. The van der Waals surface area contributed by atoms with Gasteiger partial charge in [0, 0.05) is 6.42 Å². The van der Waals surface area contributed by atoms with Crippen molar-refractivity contribution in [1.29, 1.82) is 0 Å². The third kappa shape index (κ3) is 7.63. The summed E-state index contributed by atoms with van der Waals surface area (Å²) in [5, 5.41) is 8.45. The molecule has 0 atom stereocenters. The normalized spacial score (nSPS) is 17.1. The van der Waals surface area contributed by atoms with E-state index in [4.69, 9.17) is 5.11 Å². The molecular formula is C11H22ClNO2. The number of unbranched alkanes of at least 4 members (excludes halogenated alkanes) is 2. The number of hydrogen-bond donors (Lipinski definition) is 1. The first-order valence-electron chi connectivity index (χ1n) is 5.73. The highest BCUT2D eigenvalue weighted by Gasteiger charge is 2.08. The van der Waals surface area contributed by atoms with Crippen molar-refractivity contribution in [1.82, 2.24) is 4.90 Å². The number of hydrogen-bond acceptors (Lipinski definition) is 2. The Morgan fingerprint density at radius 2 is 1.73 bits per heavy atom. The van der Waals surface area contributed by atoms with E-state index >= 15 is 0 Å². The van der Waals surface area contributed by atoms with Crippen molar-refractivity contribution in [2.45, 2.75) is 44.9 Å². The minimum Gasteiger partial charge on any atom is -0.481 e. The molecule has 0 aromatic rings. The molecule has 1 fully saturated rings. The second-order valence-electron chi connectivity index (χ2n) is 4.11. The number of halogens is 1. The summed E-state index contributed by atoms with van der Waals surface area (Å²) in [5.74, 6) is -0.664. The Morgan fingerprint density at radius 1 is 1.07 bits per heavy atom. The van der Waals surface area contributed by atoms with Gasteiger partial charge in [0.25, 0.3) is 0 Å². The van der Waals surface area contributed by atoms with Crippen LogP contribution in [0.25, 0.3) is 0 Å². The highest BCUT2D eigenvalue weighted by Crippen LogP contribution is 2.10. The van der Waals surface area contributed by atoms with Crippen molar-refractivity contribution in [2.24, 2.45) is 0 Å². The Morgan fingerprint density at radius 3 is 2.33 bits per heavy atom. The van der Waals surface area contributed by atoms with Gasteiger partial charge in [0.1, 0.15) is 0 Å². The van der Waals surface area contributed by atoms with Crippen LogP contribution >= 0.6 is 12.4 Å². The largest absolute Gasteiger partial charge is 0.481 e. The SMILES string of the molecule is Cl.O=C(O)CCCCCN1CCCCC1. The maximum Gasteiger partial charge on any atom is 0.303 e. The number of carboxylic acid groups (broad SMARTS) is 1. The summed E-state index contributed by atoms with van der Waals surface area (Å²) in [5.41, 5.74) is 0. The molecule has 0 aliphatic carbocycles. The summed E-state index contributed by atoms with van der Waals surface area (Å²) in [4.78, 5) is 12.8. The van der Waals surface area contributed by atoms with Crippen LogP contribution < -0.4 is 0 Å². The molecule has 0 aromatic heterocycles. The number of carbonyl (C=O) groups is 1. The van der Waals surface area contributed by atoms with Crippen molar-refractivity contribution in [3.05, 3.63) is 0 Å². The highest BCUT2D eigenvalue weighted by molar-refractivity contribution is 5.85. The maximum atomic E-state index is 10.3. The van der Waals surface area contributed by atoms with Gasteiger partial charge in [0.2, 0.25) is 0 Å². The predicted molar refractivity (Wildman–Crippen MR) is 63.6 cm³/mol. The van der Waals surface area contributed by atoms with Crippen molar-refractivity contribution >= 4 is 18.4 Å². The van der Waals surface area contributed by atoms with Crippen LogP contribution in [-0.4, -0.2) is 35.6 Å². The van der Waals surface area contributed by atoms with E-state index < -0.39 is 5.97 Å². The van der Waals surface area contributed by atoms with Gasteiger partial charge >= 0.3 is 5.97 Å². The van der Waals surface area contributed by atoms with Gasteiger partial charge in [0.05, 0.1) is 0 Å². The Bertz CT molecular complexity index is 170. The molecule has 1 aliphatic heterocycles. The summed E-state index contributed by atoms with van der Waals surface area (Å²) >= 11 is 0. The van der Waals surface area contributed by atoms with E-state index in [1.54, 1.807) is 0 Å². The van der Waals surface area contributed by atoms with Gasteiger partial charge in [-0.1, -0.05) is 12.8 Å². The smallest absolute Gasteiger partial charge is 0.303 e. The van der Waals surface area contributed by atoms with Gasteiger partial charge in [-0.15, -0.1) is 12.4 Å². The molecule has 1 saturated heterocycles. The predicted octanol–water partition coefficient (Wildman–Crippen LogP) is 2.54. The fraction of sp³-hybridized carbons (Fsp3) is 0.909. The first-order chi connectivity index (χ1) is 6.79. The fourth-order valence-electron chi connectivity index (χ4n) is 1.97. The molecule has 90 valence electrons. The Labute approximate surface area is 98.3 Å². The standard InChI is InChI=1S/C11H21NO2.ClH/c13-11(14)7-3-1-4-8-12-9-5-2-6-10-12;/h1-10H2,(H,13,14);1H. The second kappa shape index (κ2) is 8.98. The van der Waals surface area contributed by atoms with Gasteiger partial charge in [-0.25, -0.2) is 0 Å². The Kier molecular flexibility index (Phi) is 8.82. The average molecular weight is 236 g/mol. The number of rotatable bonds is 6. The molecule has 15 heavy (non-hydrogen) atoms. The molecule has 1 aliphatic rings. The molecule has 4 heteroatoms. The molecule has 0 spiro atoms. The lowest BCUT2D eigenvalue weighted by Crippen LogP contribution is -2.30. The zero-order chi connectivity index (χ0) is 10.2. The van der Waals surface area contributed by atoms with Crippen molar-refractivity contribution in [3.63, 3.8) is 0 Å². The van der Waals surface area contributed by atoms with Crippen LogP contribution in [-0.2, 0) is 4.79 Å². The molecule has 0 bridgehead atoms. The Hall–Kier alpha value is -0.280. The summed E-state index contributed by atoms with van der Waals surface area (Å²) < 4.78 is 0. The van der Waals surface area contributed by atoms with Gasteiger partial charge in [-0.3, -0.25) is 4.79 Å². The van der Waals surface area contributed by atoms with E-state index in [1.807, 2.05) is 0 Å². The number of likely N-dealkylation sites (tertiary alicyclic amines) is 1.